The van der Waals surface area contributed by atoms with Gasteiger partial charge in [0.25, 0.3) is 0 Å². The third-order valence-corrected chi connectivity index (χ3v) is 6.11. The summed E-state index contributed by atoms with van der Waals surface area (Å²) >= 11 is 0. The van der Waals surface area contributed by atoms with Crippen molar-refractivity contribution in [3.63, 3.8) is 0 Å². The van der Waals surface area contributed by atoms with Crippen LogP contribution >= 0.6 is 0 Å². The summed E-state index contributed by atoms with van der Waals surface area (Å²) in [6, 6.07) is 13.5. The average Bonchev–Trinajstić information content (AvgIpc) is 2.91. The smallest absolute Gasteiger partial charge is 0.303 e. The summed E-state index contributed by atoms with van der Waals surface area (Å²) in [4.78, 5) is 53.7. The highest BCUT2D eigenvalue weighted by molar-refractivity contribution is 5.95. The Labute approximate surface area is 231 Å². The van der Waals surface area contributed by atoms with Crippen LogP contribution in [0.2, 0.25) is 0 Å². The fourth-order valence-corrected chi connectivity index (χ4v) is 3.97. The minimum Gasteiger partial charge on any atom is -0.481 e. The van der Waals surface area contributed by atoms with Crippen LogP contribution in [-0.4, -0.2) is 59.2 Å². The van der Waals surface area contributed by atoms with Crippen molar-refractivity contribution in [3.8, 4) is 0 Å². The molecule has 0 aliphatic rings. The highest BCUT2D eigenvalue weighted by Crippen LogP contribution is 2.22. The second-order valence-corrected chi connectivity index (χ2v) is 9.18. The number of primary amides is 1. The summed E-state index contributed by atoms with van der Waals surface area (Å²) in [6.07, 6.45) is 0.139. The number of nitrogens with zero attached hydrogens (tertiary/aromatic N) is 1. The van der Waals surface area contributed by atoms with Gasteiger partial charge in [0.1, 0.15) is 17.9 Å². The van der Waals surface area contributed by atoms with Crippen molar-refractivity contribution in [2.45, 2.75) is 50.1 Å². The summed E-state index contributed by atoms with van der Waals surface area (Å²) in [5, 5.41) is 22.0. The number of hydrogen-bond donors (Lipinski definition) is 8. The van der Waals surface area contributed by atoms with Crippen molar-refractivity contribution >= 4 is 35.5 Å². The first-order valence-corrected chi connectivity index (χ1v) is 12.6. The van der Waals surface area contributed by atoms with E-state index in [9.17, 15) is 24.3 Å². The Morgan fingerprint density at radius 2 is 1.48 bits per heavy atom. The molecule has 2 unspecified atom stereocenters. The maximum Gasteiger partial charge on any atom is 0.303 e. The number of nitrogens with two attached hydrogens (primary N) is 4. The lowest BCUT2D eigenvalue weighted by Crippen LogP contribution is -2.53. The van der Waals surface area contributed by atoms with Crippen molar-refractivity contribution < 1.29 is 24.3 Å². The Balaban J connectivity index is 2.24. The lowest BCUT2D eigenvalue weighted by atomic mass is 9.90. The zero-order chi connectivity index (χ0) is 29.7. The zero-order valence-electron chi connectivity index (χ0n) is 22.0. The minimum atomic E-state index is -1.24. The van der Waals surface area contributed by atoms with E-state index in [-0.39, 0.29) is 37.6 Å². The van der Waals surface area contributed by atoms with Gasteiger partial charge in [-0.1, -0.05) is 54.6 Å². The first kappa shape index (κ1) is 31.3. The SMILES string of the molecule is N=C(N)c1ccc(C[C@H](C(=O)NC(CCC(=O)O)C(=O)NC(CCCN=C(N)N)C(N)=O)c2ccccc2)cc1. The highest BCUT2D eigenvalue weighted by atomic mass is 16.4. The molecule has 2 aromatic rings. The number of benzene rings is 2. The molecule has 214 valence electrons. The normalized spacial score (nSPS) is 12.8. The van der Waals surface area contributed by atoms with Crippen LogP contribution in [0.4, 0.5) is 0 Å². The molecule has 13 heteroatoms. The van der Waals surface area contributed by atoms with Crippen LogP contribution in [-0.2, 0) is 25.6 Å². The van der Waals surface area contributed by atoms with E-state index in [1.54, 1.807) is 54.6 Å². The molecule has 40 heavy (non-hydrogen) atoms. The number of aliphatic imine (C=N–C) groups is 1. The number of carbonyl (C=O) groups excluding carboxylic acids is 3. The first-order chi connectivity index (χ1) is 19.0. The minimum absolute atomic E-state index is 0.0818. The standard InChI is InChI=1S/C27H36N8O5/c28-23(29)18-10-8-16(9-11-18)15-19(17-5-2-1-3-6-17)25(39)35-21(12-13-22(36)37)26(40)34-20(24(30)38)7-4-14-33-27(31)32/h1-3,5-6,8-11,19-21H,4,7,12-15H2,(H3,28,29)(H2,30,38)(H,34,40)(H,35,39)(H,36,37)(H4,31,32,33)/t19-,20?,21?/m0/s1. The van der Waals surface area contributed by atoms with Crippen LogP contribution in [0.3, 0.4) is 0 Å². The van der Waals surface area contributed by atoms with Gasteiger partial charge in [-0.05, 0) is 36.8 Å². The van der Waals surface area contributed by atoms with Crippen molar-refractivity contribution in [2.24, 2.45) is 27.9 Å². The molecule has 3 atom stereocenters. The largest absolute Gasteiger partial charge is 0.481 e. The molecule has 0 aromatic heterocycles. The molecule has 0 heterocycles. The van der Waals surface area contributed by atoms with Crippen molar-refractivity contribution in [1.29, 1.82) is 5.41 Å². The van der Waals surface area contributed by atoms with Gasteiger partial charge in [0.05, 0.1) is 5.92 Å². The third-order valence-electron chi connectivity index (χ3n) is 6.11. The number of carbonyl (C=O) groups is 4. The monoisotopic (exact) mass is 552 g/mol. The molecule has 2 rings (SSSR count). The number of guanidine groups is 1. The van der Waals surface area contributed by atoms with E-state index in [1.807, 2.05) is 0 Å². The van der Waals surface area contributed by atoms with Crippen molar-refractivity contribution in [3.05, 3.63) is 71.3 Å². The van der Waals surface area contributed by atoms with Crippen LogP contribution in [0, 0.1) is 5.41 Å². The fraction of sp³-hybridized carbons (Fsp3) is 0.333. The predicted molar refractivity (Wildman–Crippen MR) is 150 cm³/mol. The Kier molecular flexibility index (Phi) is 12.1. The van der Waals surface area contributed by atoms with Gasteiger partial charge >= 0.3 is 5.97 Å². The van der Waals surface area contributed by atoms with E-state index in [0.717, 1.165) is 5.56 Å². The number of nitrogen functional groups attached to an aromatic ring is 1. The van der Waals surface area contributed by atoms with E-state index in [2.05, 4.69) is 15.6 Å². The van der Waals surface area contributed by atoms with Crippen molar-refractivity contribution in [2.75, 3.05) is 6.54 Å². The summed E-state index contributed by atoms with van der Waals surface area (Å²) in [7, 11) is 0. The maximum atomic E-state index is 13.6. The third kappa shape index (κ3) is 10.4. The zero-order valence-corrected chi connectivity index (χ0v) is 22.0. The fourth-order valence-electron chi connectivity index (χ4n) is 3.97. The molecule has 0 aliphatic heterocycles. The molecule has 0 fully saturated rings. The Bertz CT molecular complexity index is 1210. The summed E-state index contributed by atoms with van der Waals surface area (Å²) in [5.41, 5.74) is 23.6. The number of amides is 3. The molecule has 0 saturated carbocycles. The maximum absolute atomic E-state index is 13.6. The number of aliphatic carboxylic acids is 1. The molecule has 0 bridgehead atoms. The van der Waals surface area contributed by atoms with Gasteiger partial charge in [-0.2, -0.15) is 0 Å². The van der Waals surface area contributed by atoms with E-state index >= 15 is 0 Å². The second-order valence-electron chi connectivity index (χ2n) is 9.18. The summed E-state index contributed by atoms with van der Waals surface area (Å²) in [5.74, 6) is -4.11. The van der Waals surface area contributed by atoms with E-state index < -0.39 is 48.1 Å². The Morgan fingerprint density at radius 3 is 2.02 bits per heavy atom. The van der Waals surface area contributed by atoms with E-state index in [4.69, 9.17) is 28.3 Å². The number of rotatable bonds is 16. The van der Waals surface area contributed by atoms with Crippen LogP contribution < -0.4 is 33.6 Å². The first-order valence-electron chi connectivity index (χ1n) is 12.6. The number of carboxylic acids is 1. The highest BCUT2D eigenvalue weighted by Gasteiger charge is 2.29. The molecule has 0 radical (unpaired) electrons. The van der Waals surface area contributed by atoms with Crippen LogP contribution in [0.15, 0.2) is 59.6 Å². The van der Waals surface area contributed by atoms with Gasteiger partial charge in [0, 0.05) is 18.5 Å². The number of carboxylic acid groups (broad SMARTS) is 1. The lowest BCUT2D eigenvalue weighted by molar-refractivity contribution is -0.138. The van der Waals surface area contributed by atoms with Gasteiger partial charge in [0.2, 0.25) is 17.7 Å². The molecule has 3 amide bonds. The number of nitrogens with one attached hydrogen (secondary N) is 3. The van der Waals surface area contributed by atoms with Gasteiger partial charge in [-0.25, -0.2) is 0 Å². The summed E-state index contributed by atoms with van der Waals surface area (Å²) < 4.78 is 0. The molecule has 12 N–H and O–H groups in total. The predicted octanol–water partition coefficient (Wildman–Crippen LogP) is -0.330. The van der Waals surface area contributed by atoms with Gasteiger partial charge in [-0.15, -0.1) is 0 Å². The van der Waals surface area contributed by atoms with Gasteiger partial charge in [0.15, 0.2) is 5.96 Å². The summed E-state index contributed by atoms with van der Waals surface area (Å²) in [6.45, 7) is 0.216. The van der Waals surface area contributed by atoms with Crippen molar-refractivity contribution in [1.82, 2.24) is 10.6 Å². The van der Waals surface area contributed by atoms with E-state index in [1.165, 1.54) is 0 Å². The topological polar surface area (TPSA) is 253 Å². The van der Waals surface area contributed by atoms with Gasteiger partial charge < -0.3 is 38.7 Å². The molecular formula is C27H36N8O5. The van der Waals surface area contributed by atoms with Crippen LogP contribution in [0.25, 0.3) is 0 Å². The van der Waals surface area contributed by atoms with Crippen LogP contribution in [0.5, 0.6) is 0 Å². The average molecular weight is 553 g/mol. The number of amidine groups is 1. The molecule has 0 aliphatic carbocycles. The van der Waals surface area contributed by atoms with Crippen LogP contribution in [0.1, 0.15) is 48.3 Å². The van der Waals surface area contributed by atoms with E-state index in [0.29, 0.717) is 17.5 Å². The number of hydrogen-bond acceptors (Lipinski definition) is 6. The quantitative estimate of drug-likeness (QED) is 0.0775. The molecule has 2 aromatic carbocycles. The Hall–Kier alpha value is -4.94. The van der Waals surface area contributed by atoms with Gasteiger partial charge in [-0.3, -0.25) is 29.6 Å². The molecule has 0 spiro atoms. The molecule has 0 saturated heterocycles. The molecular weight excluding hydrogens is 516 g/mol. The Morgan fingerprint density at radius 1 is 0.850 bits per heavy atom. The lowest BCUT2D eigenvalue weighted by Gasteiger charge is -2.24. The second kappa shape index (κ2) is 15.5. The molecule has 13 nitrogen and oxygen atoms in total.